The molecule has 2 heterocycles. The van der Waals surface area contributed by atoms with Gasteiger partial charge in [0.1, 0.15) is 0 Å². The van der Waals surface area contributed by atoms with Crippen molar-refractivity contribution < 1.29 is 4.79 Å². The van der Waals surface area contributed by atoms with E-state index < -0.39 is 0 Å². The smallest absolute Gasteiger partial charge is 0.222 e. The number of amides is 1. The summed E-state index contributed by atoms with van der Waals surface area (Å²) in [5, 5.41) is 2.79. The van der Waals surface area contributed by atoms with Crippen LogP contribution in [0, 0.1) is 0 Å². The average molecular weight is 307 g/mol. The first-order valence-corrected chi connectivity index (χ1v) is 7.34. The summed E-state index contributed by atoms with van der Waals surface area (Å²) >= 11 is 0. The summed E-state index contributed by atoms with van der Waals surface area (Å²) in [7, 11) is 0. The van der Waals surface area contributed by atoms with E-state index in [-0.39, 0.29) is 18.4 Å². The van der Waals surface area contributed by atoms with Crippen LogP contribution < -0.4 is 5.32 Å². The second-order valence-corrected chi connectivity index (χ2v) is 5.11. The highest BCUT2D eigenvalue weighted by Gasteiger charge is 2.19. The number of nitrogens with one attached hydrogen (secondary N) is 1. The molecule has 2 aromatic heterocycles. The van der Waals surface area contributed by atoms with Gasteiger partial charge in [-0.05, 0) is 12.1 Å². The molecular weight excluding hydrogens is 290 g/mol. The highest BCUT2D eigenvalue weighted by atomic mass is 16.1. The summed E-state index contributed by atoms with van der Waals surface area (Å²) in [6.45, 7) is 4.05. The lowest BCUT2D eigenvalue weighted by Gasteiger charge is -2.17. The van der Waals surface area contributed by atoms with Crippen molar-refractivity contribution in [3.05, 3.63) is 67.5 Å². The Labute approximate surface area is 133 Å². The number of fused-ring (bicyclic) bond motifs is 1. The van der Waals surface area contributed by atoms with Gasteiger partial charge in [-0.1, -0.05) is 18.2 Å². The van der Waals surface area contributed by atoms with E-state index in [0.717, 1.165) is 16.7 Å². The second-order valence-electron chi connectivity index (χ2n) is 5.11. The molecule has 0 aliphatic heterocycles. The molecule has 1 aromatic carbocycles. The Bertz CT molecular complexity index is 813. The minimum atomic E-state index is -0.251. The molecule has 0 fully saturated rings. The van der Waals surface area contributed by atoms with E-state index in [0.29, 0.717) is 6.54 Å². The Hall–Kier alpha value is -3.02. The van der Waals surface area contributed by atoms with Crippen molar-refractivity contribution in [1.82, 2.24) is 24.8 Å². The van der Waals surface area contributed by atoms with Gasteiger partial charge in [0.05, 0.1) is 41.7 Å². The molecule has 3 aromatic rings. The molecule has 0 bridgehead atoms. The second kappa shape index (κ2) is 6.83. The van der Waals surface area contributed by atoms with E-state index in [4.69, 9.17) is 0 Å². The topological polar surface area (TPSA) is 72.7 Å². The van der Waals surface area contributed by atoms with Crippen LogP contribution in [0.15, 0.2) is 61.8 Å². The number of aromatic nitrogens is 4. The third-order valence-electron chi connectivity index (χ3n) is 3.52. The number of benzene rings is 1. The largest absolute Gasteiger partial charge is 0.353 e. The molecule has 3 rings (SSSR count). The van der Waals surface area contributed by atoms with Crippen molar-refractivity contribution in [3.8, 4) is 0 Å². The number of hydrogen-bond acceptors (Lipinski definition) is 4. The molecule has 0 saturated heterocycles. The Morgan fingerprint density at radius 3 is 2.91 bits per heavy atom. The molecule has 0 radical (unpaired) electrons. The van der Waals surface area contributed by atoms with Crippen LogP contribution in [-0.2, 0) is 4.79 Å². The van der Waals surface area contributed by atoms with E-state index in [9.17, 15) is 4.79 Å². The van der Waals surface area contributed by atoms with E-state index >= 15 is 0 Å². The Morgan fingerprint density at radius 2 is 2.17 bits per heavy atom. The molecule has 1 unspecified atom stereocenters. The maximum absolute atomic E-state index is 12.1. The molecule has 1 N–H and O–H groups in total. The van der Waals surface area contributed by atoms with Crippen LogP contribution >= 0.6 is 0 Å². The third-order valence-corrected chi connectivity index (χ3v) is 3.52. The molecule has 0 saturated carbocycles. The minimum absolute atomic E-state index is 0.0708. The number of rotatable bonds is 6. The van der Waals surface area contributed by atoms with Gasteiger partial charge in [-0.3, -0.25) is 9.78 Å². The van der Waals surface area contributed by atoms with E-state index in [1.807, 2.05) is 35.0 Å². The Balaban J connectivity index is 1.93. The van der Waals surface area contributed by atoms with Crippen LogP contribution in [0.4, 0.5) is 0 Å². The van der Waals surface area contributed by atoms with Crippen molar-refractivity contribution in [2.75, 3.05) is 6.54 Å². The van der Waals surface area contributed by atoms with Gasteiger partial charge in [0, 0.05) is 18.9 Å². The van der Waals surface area contributed by atoms with Crippen LogP contribution in [0.5, 0.6) is 0 Å². The zero-order valence-corrected chi connectivity index (χ0v) is 12.6. The summed E-state index contributed by atoms with van der Waals surface area (Å²) in [6, 6.07) is 7.42. The van der Waals surface area contributed by atoms with Crippen LogP contribution in [-0.4, -0.2) is 32.0 Å². The predicted molar refractivity (Wildman–Crippen MR) is 87.7 cm³/mol. The molecule has 0 aliphatic rings. The Kier molecular flexibility index (Phi) is 4.42. The molecule has 6 nitrogen and oxygen atoms in total. The normalized spacial score (nSPS) is 12.0. The van der Waals surface area contributed by atoms with Crippen LogP contribution in [0.2, 0.25) is 0 Å². The van der Waals surface area contributed by atoms with Crippen molar-refractivity contribution in [2.45, 2.75) is 12.5 Å². The highest BCUT2D eigenvalue weighted by Crippen LogP contribution is 2.21. The SMILES string of the molecule is C=CCNC(=O)CC(c1cnc2ccccc2n1)n1ccnc1. The Morgan fingerprint density at radius 1 is 1.35 bits per heavy atom. The number of nitrogens with zero attached hydrogens (tertiary/aromatic N) is 4. The lowest BCUT2D eigenvalue weighted by molar-refractivity contribution is -0.121. The minimum Gasteiger partial charge on any atom is -0.353 e. The maximum atomic E-state index is 12.1. The first-order valence-electron chi connectivity index (χ1n) is 7.34. The van der Waals surface area contributed by atoms with Crippen LogP contribution in [0.1, 0.15) is 18.2 Å². The van der Waals surface area contributed by atoms with Gasteiger partial charge < -0.3 is 9.88 Å². The number of para-hydroxylation sites is 2. The molecule has 0 spiro atoms. The summed E-state index contributed by atoms with van der Waals surface area (Å²) < 4.78 is 1.87. The van der Waals surface area contributed by atoms with Crippen LogP contribution in [0.25, 0.3) is 11.0 Å². The highest BCUT2D eigenvalue weighted by molar-refractivity contribution is 5.77. The van der Waals surface area contributed by atoms with Crippen LogP contribution in [0.3, 0.4) is 0 Å². The van der Waals surface area contributed by atoms with E-state index in [1.165, 1.54) is 0 Å². The lowest BCUT2D eigenvalue weighted by Crippen LogP contribution is -2.27. The molecule has 6 heteroatoms. The van der Waals surface area contributed by atoms with Gasteiger partial charge in [0.25, 0.3) is 0 Å². The summed E-state index contributed by atoms with van der Waals surface area (Å²) in [6.07, 6.45) is 8.82. The standard InChI is InChI=1S/C17H17N5O/c1-2-7-19-17(23)10-16(22-9-8-18-12-22)15-11-20-13-5-3-4-6-14(13)21-15/h2-6,8-9,11-12,16H,1,7,10H2,(H,19,23). The van der Waals surface area contributed by atoms with E-state index in [2.05, 4.69) is 26.8 Å². The number of hydrogen-bond donors (Lipinski definition) is 1. The molecule has 23 heavy (non-hydrogen) atoms. The first-order chi connectivity index (χ1) is 11.3. The van der Waals surface area contributed by atoms with Gasteiger partial charge in [-0.2, -0.15) is 0 Å². The first kappa shape index (κ1) is 14.9. The molecule has 0 aliphatic carbocycles. The predicted octanol–water partition coefficient (Wildman–Crippen LogP) is 2.11. The zero-order chi connectivity index (χ0) is 16.1. The lowest BCUT2D eigenvalue weighted by atomic mass is 10.1. The van der Waals surface area contributed by atoms with Gasteiger partial charge in [0.2, 0.25) is 5.91 Å². The number of imidazole rings is 1. The van der Waals surface area contributed by atoms with Crippen molar-refractivity contribution in [2.24, 2.45) is 0 Å². The van der Waals surface area contributed by atoms with Gasteiger partial charge in [0.15, 0.2) is 0 Å². The molecule has 1 amide bonds. The average Bonchev–Trinajstić information content (AvgIpc) is 3.11. The molecule has 116 valence electrons. The molecule has 1 atom stereocenters. The van der Waals surface area contributed by atoms with Gasteiger partial charge in [-0.15, -0.1) is 6.58 Å². The molecular formula is C17H17N5O. The van der Waals surface area contributed by atoms with Gasteiger partial charge in [-0.25, -0.2) is 9.97 Å². The summed E-state index contributed by atoms with van der Waals surface area (Å²) in [5.41, 5.74) is 2.37. The monoisotopic (exact) mass is 307 g/mol. The van der Waals surface area contributed by atoms with E-state index in [1.54, 1.807) is 24.8 Å². The fourth-order valence-corrected chi connectivity index (χ4v) is 2.38. The number of carbonyl (C=O) groups excluding carboxylic acids is 1. The fraction of sp³-hybridized carbons (Fsp3) is 0.176. The van der Waals surface area contributed by atoms with Gasteiger partial charge >= 0.3 is 0 Å². The van der Waals surface area contributed by atoms with Crippen molar-refractivity contribution in [3.63, 3.8) is 0 Å². The third kappa shape index (κ3) is 3.42. The fourth-order valence-electron chi connectivity index (χ4n) is 2.38. The maximum Gasteiger partial charge on any atom is 0.222 e. The summed E-state index contributed by atoms with van der Waals surface area (Å²) in [5.74, 6) is -0.0708. The zero-order valence-electron chi connectivity index (χ0n) is 12.6. The number of carbonyl (C=O) groups is 1. The van der Waals surface area contributed by atoms with Crippen molar-refractivity contribution in [1.29, 1.82) is 0 Å². The van der Waals surface area contributed by atoms with Crippen molar-refractivity contribution >= 4 is 16.9 Å². The quantitative estimate of drug-likeness (QED) is 0.708. The summed E-state index contributed by atoms with van der Waals surface area (Å²) in [4.78, 5) is 25.3.